The van der Waals surface area contributed by atoms with Crippen LogP contribution in [0.25, 0.3) is 0 Å². The van der Waals surface area contributed by atoms with Crippen LogP contribution in [0.15, 0.2) is 48.8 Å². The minimum absolute atomic E-state index is 0.0124. The Morgan fingerprint density at radius 3 is 2.15 bits per heavy atom. The highest BCUT2D eigenvalue weighted by Gasteiger charge is 2.68. The molecule has 5 amide bonds. The first kappa shape index (κ1) is 40.2. The van der Waals surface area contributed by atoms with Crippen molar-refractivity contribution in [2.24, 2.45) is 22.5 Å². The molecule has 4 aliphatic heterocycles. The number of hydrogen-bond acceptors (Lipinski definition) is 12. The smallest absolute Gasteiger partial charge is 0.262 e. The second kappa shape index (κ2) is 15.2. The number of carbonyl (C=O) groups is 5. The van der Waals surface area contributed by atoms with E-state index in [1.54, 1.807) is 30.3 Å². The van der Waals surface area contributed by atoms with Crippen LogP contribution in [0, 0.1) is 28.1 Å². The maximum Gasteiger partial charge on any atom is 0.262 e. The number of piperidine rings is 2. The Labute approximate surface area is 348 Å². The summed E-state index contributed by atoms with van der Waals surface area (Å²) < 4.78 is 6.40. The third kappa shape index (κ3) is 7.05. The van der Waals surface area contributed by atoms with Crippen molar-refractivity contribution in [2.45, 2.75) is 71.6 Å². The highest BCUT2D eigenvalue weighted by molar-refractivity contribution is 6.31. The number of carbonyl (C=O) groups excluding carboxylic acids is 5. The molecule has 3 aromatic rings. The number of aromatic nitrogens is 2. The van der Waals surface area contributed by atoms with Crippen molar-refractivity contribution >= 4 is 52.8 Å². The van der Waals surface area contributed by atoms with Gasteiger partial charge in [-0.2, -0.15) is 5.26 Å². The Balaban J connectivity index is 0.886. The molecule has 1 atom stereocenters. The number of likely N-dealkylation sites (tertiary alicyclic amines) is 1. The molecule has 16 heteroatoms. The van der Waals surface area contributed by atoms with Gasteiger partial charge in [0, 0.05) is 87.2 Å². The predicted octanol–water partition coefficient (Wildman–Crippen LogP) is 4.13. The van der Waals surface area contributed by atoms with E-state index in [4.69, 9.17) is 22.1 Å². The van der Waals surface area contributed by atoms with Gasteiger partial charge in [0.2, 0.25) is 11.9 Å². The SMILES string of the molecule is CC1(C)C(Oc2ccc(C#N)c(Cl)c2)C(C)(C)C1N1C(=O)CCC(N2C(=O)c3ccc(N4CCN(CC5CCN(c6ncc(C(N)=O)cn6)CC5)CC4)cc3C2=O)C1=O. The zero-order chi connectivity index (χ0) is 42.0. The van der Waals surface area contributed by atoms with E-state index in [9.17, 15) is 29.2 Å². The fourth-order valence-corrected chi connectivity index (χ4v) is 10.6. The van der Waals surface area contributed by atoms with Crippen LogP contribution in [0.2, 0.25) is 5.02 Å². The van der Waals surface area contributed by atoms with Crippen molar-refractivity contribution in [3.63, 3.8) is 0 Å². The molecule has 8 rings (SSSR count). The standard InChI is InChI=1S/C43H48ClN9O6/c1-42(2)39(43(3,4)40(42)59-29-7-5-26(21-45)32(44)20-29)53-34(54)10-9-33(38(53)58)52-36(56)30-8-6-28(19-31(30)37(52)57)50-17-15-49(16-18-50)24-25-11-13-51(14-12-25)41-47-22-27(23-48-41)35(46)55/h5-8,19-20,22-23,25,33,39-40H,9-18,24H2,1-4H3,(H2,46,55). The molecule has 5 heterocycles. The van der Waals surface area contributed by atoms with E-state index in [1.807, 2.05) is 39.8 Å². The number of ether oxygens (including phenoxy) is 1. The lowest BCUT2D eigenvalue weighted by molar-refractivity contribution is -0.216. The van der Waals surface area contributed by atoms with Crippen molar-refractivity contribution in [3.8, 4) is 11.8 Å². The van der Waals surface area contributed by atoms with Crippen LogP contribution < -0.4 is 20.3 Å². The summed E-state index contributed by atoms with van der Waals surface area (Å²) in [5, 5.41) is 9.55. The van der Waals surface area contributed by atoms with Gasteiger partial charge in [-0.25, -0.2) is 9.97 Å². The molecule has 1 aromatic heterocycles. The summed E-state index contributed by atoms with van der Waals surface area (Å²) in [6.45, 7) is 13.6. The summed E-state index contributed by atoms with van der Waals surface area (Å²) >= 11 is 6.27. The third-order valence-electron chi connectivity index (χ3n) is 13.0. The van der Waals surface area contributed by atoms with Gasteiger partial charge >= 0.3 is 0 Å². The van der Waals surface area contributed by atoms with Crippen molar-refractivity contribution in [3.05, 3.63) is 76.1 Å². The van der Waals surface area contributed by atoms with Crippen LogP contribution in [-0.2, 0) is 9.59 Å². The molecule has 2 aromatic carbocycles. The van der Waals surface area contributed by atoms with Crippen molar-refractivity contribution in [1.29, 1.82) is 5.26 Å². The van der Waals surface area contributed by atoms with Gasteiger partial charge in [-0.15, -0.1) is 0 Å². The molecule has 5 aliphatic rings. The summed E-state index contributed by atoms with van der Waals surface area (Å²) in [6.07, 6.45) is 4.60. The van der Waals surface area contributed by atoms with Gasteiger partial charge < -0.3 is 20.3 Å². The normalized spacial score (nSPS) is 24.5. The number of hydrogen-bond donors (Lipinski definition) is 1. The number of piperazine rings is 1. The van der Waals surface area contributed by atoms with E-state index in [0.29, 0.717) is 28.7 Å². The van der Waals surface area contributed by atoms with Crippen LogP contribution in [0.4, 0.5) is 11.6 Å². The zero-order valence-electron chi connectivity index (χ0n) is 33.7. The summed E-state index contributed by atoms with van der Waals surface area (Å²) in [6, 6.07) is 10.5. The lowest BCUT2D eigenvalue weighted by Crippen LogP contribution is -2.77. The van der Waals surface area contributed by atoms with Gasteiger partial charge in [-0.3, -0.25) is 38.7 Å². The fraction of sp³-hybridized carbons (Fsp3) is 0.488. The highest BCUT2D eigenvalue weighted by atomic mass is 35.5. The molecular weight excluding hydrogens is 774 g/mol. The Morgan fingerprint density at radius 2 is 1.53 bits per heavy atom. The van der Waals surface area contributed by atoms with E-state index >= 15 is 0 Å². The predicted molar refractivity (Wildman–Crippen MR) is 218 cm³/mol. The second-order valence-corrected chi connectivity index (χ2v) is 17.9. The van der Waals surface area contributed by atoms with Crippen LogP contribution in [0.5, 0.6) is 5.75 Å². The van der Waals surface area contributed by atoms with Crippen molar-refractivity contribution in [1.82, 2.24) is 24.7 Å². The van der Waals surface area contributed by atoms with E-state index in [2.05, 4.69) is 24.7 Å². The Kier molecular flexibility index (Phi) is 10.4. The highest BCUT2D eigenvalue weighted by Crippen LogP contribution is 2.58. The lowest BCUT2D eigenvalue weighted by Gasteiger charge is -2.65. The van der Waals surface area contributed by atoms with Crippen LogP contribution in [0.3, 0.4) is 0 Å². The van der Waals surface area contributed by atoms with E-state index < -0.39 is 52.6 Å². The van der Waals surface area contributed by atoms with Crippen LogP contribution in [0.1, 0.15) is 90.0 Å². The average Bonchev–Trinajstić information content (AvgIpc) is 3.46. The first-order chi connectivity index (χ1) is 28.1. The van der Waals surface area contributed by atoms with Gasteiger partial charge in [0.25, 0.3) is 23.6 Å². The summed E-state index contributed by atoms with van der Waals surface area (Å²) in [5.74, 6) is -0.884. The van der Waals surface area contributed by atoms with E-state index in [-0.39, 0.29) is 34.9 Å². The largest absolute Gasteiger partial charge is 0.489 e. The molecule has 2 N–H and O–H groups in total. The second-order valence-electron chi connectivity index (χ2n) is 17.5. The lowest BCUT2D eigenvalue weighted by atomic mass is 9.48. The molecule has 3 saturated heterocycles. The minimum atomic E-state index is -1.11. The Morgan fingerprint density at radius 1 is 0.864 bits per heavy atom. The molecular formula is C43H48ClN9O6. The van der Waals surface area contributed by atoms with Crippen LogP contribution >= 0.6 is 11.6 Å². The van der Waals surface area contributed by atoms with Gasteiger partial charge in [0.1, 0.15) is 24.0 Å². The minimum Gasteiger partial charge on any atom is -0.489 e. The number of imide groups is 2. The zero-order valence-corrected chi connectivity index (χ0v) is 34.4. The summed E-state index contributed by atoms with van der Waals surface area (Å²) in [5.41, 5.74) is 5.91. The number of anilines is 2. The van der Waals surface area contributed by atoms with Crippen molar-refractivity contribution < 1.29 is 28.7 Å². The first-order valence-electron chi connectivity index (χ1n) is 20.2. The number of rotatable bonds is 9. The monoisotopic (exact) mass is 821 g/mol. The first-order valence-corrected chi connectivity index (χ1v) is 20.6. The molecule has 1 aliphatic carbocycles. The quantitative estimate of drug-likeness (QED) is 0.305. The fourth-order valence-electron chi connectivity index (χ4n) is 10.4. The molecule has 0 bridgehead atoms. The van der Waals surface area contributed by atoms with Gasteiger partial charge in [-0.05, 0) is 55.5 Å². The van der Waals surface area contributed by atoms with Crippen LogP contribution in [-0.4, -0.2) is 118 Å². The third-order valence-corrected chi connectivity index (χ3v) is 13.4. The Bertz CT molecular complexity index is 2240. The number of nitriles is 1. The topological polar surface area (TPSA) is 186 Å². The number of benzene rings is 2. The average molecular weight is 822 g/mol. The molecule has 1 unspecified atom stereocenters. The Hall–Kier alpha value is -5.59. The maximum absolute atomic E-state index is 14.4. The van der Waals surface area contributed by atoms with Gasteiger partial charge in [0.05, 0.1) is 33.3 Å². The number of primary amides is 1. The molecule has 4 fully saturated rings. The molecule has 1 saturated carbocycles. The number of amides is 5. The van der Waals surface area contributed by atoms with E-state index in [0.717, 1.165) is 69.2 Å². The molecule has 308 valence electrons. The van der Waals surface area contributed by atoms with Gasteiger partial charge in [-0.1, -0.05) is 39.3 Å². The molecule has 0 spiro atoms. The summed E-state index contributed by atoms with van der Waals surface area (Å²) in [4.78, 5) is 85.1. The number of halogens is 1. The van der Waals surface area contributed by atoms with Crippen molar-refractivity contribution in [2.75, 3.05) is 55.6 Å². The van der Waals surface area contributed by atoms with Gasteiger partial charge in [0.15, 0.2) is 0 Å². The molecule has 0 radical (unpaired) electrons. The number of nitrogens with zero attached hydrogens (tertiary/aromatic N) is 8. The van der Waals surface area contributed by atoms with E-state index in [1.165, 1.54) is 17.3 Å². The maximum atomic E-state index is 14.4. The number of nitrogens with two attached hydrogens (primary N) is 1. The number of fused-ring (bicyclic) bond motifs is 1. The summed E-state index contributed by atoms with van der Waals surface area (Å²) in [7, 11) is 0. The molecule has 15 nitrogen and oxygen atoms in total. The molecule has 59 heavy (non-hydrogen) atoms.